The highest BCUT2D eigenvalue weighted by Crippen LogP contribution is 2.24. The molecular formula is C10H12O4. The Labute approximate surface area is 82.1 Å². The number of hydrogen-bond acceptors (Lipinski definition) is 4. The van der Waals surface area contributed by atoms with Gasteiger partial charge in [-0.1, -0.05) is 0 Å². The molecule has 0 radical (unpaired) electrons. The third kappa shape index (κ3) is 1.87. The van der Waals surface area contributed by atoms with E-state index in [2.05, 4.69) is 0 Å². The second kappa shape index (κ2) is 4.65. The number of allylic oxidation sites excluding steroid dienone is 2. The number of ether oxygens (including phenoxy) is 2. The number of carbonyl (C=O) groups excluding carboxylic acids is 1. The van der Waals surface area contributed by atoms with E-state index in [4.69, 9.17) is 9.47 Å². The first-order valence-electron chi connectivity index (χ1n) is 4.26. The molecule has 0 aromatic rings. The minimum Gasteiger partial charge on any atom is -0.509 e. The third-order valence-electron chi connectivity index (χ3n) is 1.85. The molecule has 0 aliphatic heterocycles. The van der Waals surface area contributed by atoms with Crippen molar-refractivity contribution in [2.45, 2.75) is 13.0 Å². The molecule has 4 heteroatoms. The van der Waals surface area contributed by atoms with Crippen molar-refractivity contribution in [2.24, 2.45) is 0 Å². The van der Waals surface area contributed by atoms with E-state index >= 15 is 0 Å². The van der Waals surface area contributed by atoms with Crippen molar-refractivity contribution in [2.75, 3.05) is 13.7 Å². The molecule has 0 aromatic carbocycles. The number of rotatable bonds is 3. The van der Waals surface area contributed by atoms with Crippen LogP contribution in [0.2, 0.25) is 0 Å². The molecule has 14 heavy (non-hydrogen) atoms. The highest BCUT2D eigenvalue weighted by molar-refractivity contribution is 5.64. The molecule has 1 unspecified atom stereocenters. The molecule has 0 amide bonds. The van der Waals surface area contributed by atoms with Gasteiger partial charge < -0.3 is 14.6 Å². The van der Waals surface area contributed by atoms with Gasteiger partial charge in [0.05, 0.1) is 6.61 Å². The Morgan fingerprint density at radius 1 is 1.57 bits per heavy atom. The van der Waals surface area contributed by atoms with Gasteiger partial charge in [-0.05, 0) is 19.1 Å². The van der Waals surface area contributed by atoms with Crippen molar-refractivity contribution < 1.29 is 19.4 Å². The summed E-state index contributed by atoms with van der Waals surface area (Å²) in [6, 6.07) is 0. The molecule has 0 aromatic heterocycles. The molecule has 0 saturated heterocycles. The van der Waals surface area contributed by atoms with Crippen LogP contribution in [-0.2, 0) is 14.3 Å². The Bertz CT molecular complexity index is 321. The zero-order valence-electron chi connectivity index (χ0n) is 8.11. The van der Waals surface area contributed by atoms with Crippen LogP contribution < -0.4 is 0 Å². The van der Waals surface area contributed by atoms with Crippen LogP contribution in [0.4, 0.5) is 0 Å². The SMILES string of the molecule is CCOC1=CC=C(O)C(OC)C1=C=O. The molecule has 0 heterocycles. The Balaban J connectivity index is 3.02. The Morgan fingerprint density at radius 2 is 2.29 bits per heavy atom. The van der Waals surface area contributed by atoms with Crippen molar-refractivity contribution in [1.29, 1.82) is 0 Å². The average molecular weight is 196 g/mol. The van der Waals surface area contributed by atoms with Crippen molar-refractivity contribution in [3.8, 4) is 0 Å². The zero-order valence-corrected chi connectivity index (χ0v) is 8.11. The second-order valence-electron chi connectivity index (χ2n) is 2.69. The standard InChI is InChI=1S/C10H12O4/c1-3-14-9-5-4-8(12)10(13-2)7(9)6-11/h4-5,10,12H,3H2,1-2H3. The first-order valence-corrected chi connectivity index (χ1v) is 4.26. The van der Waals surface area contributed by atoms with E-state index in [1.807, 2.05) is 6.92 Å². The van der Waals surface area contributed by atoms with E-state index in [0.29, 0.717) is 12.4 Å². The molecule has 1 atom stereocenters. The fourth-order valence-corrected chi connectivity index (χ4v) is 1.24. The maximum atomic E-state index is 10.7. The third-order valence-corrected chi connectivity index (χ3v) is 1.85. The van der Waals surface area contributed by atoms with Gasteiger partial charge in [0.2, 0.25) is 0 Å². The Kier molecular flexibility index (Phi) is 3.51. The predicted molar refractivity (Wildman–Crippen MR) is 50.4 cm³/mol. The van der Waals surface area contributed by atoms with E-state index < -0.39 is 6.10 Å². The number of hydrogen-bond donors (Lipinski definition) is 1. The fraction of sp³-hybridized carbons (Fsp3) is 0.400. The molecule has 1 N–H and O–H groups in total. The lowest BCUT2D eigenvalue weighted by molar-refractivity contribution is 0.109. The molecule has 0 spiro atoms. The minimum atomic E-state index is -0.765. The smallest absolute Gasteiger partial charge is 0.153 e. The van der Waals surface area contributed by atoms with Gasteiger partial charge in [-0.2, -0.15) is 0 Å². The van der Waals surface area contributed by atoms with Crippen LogP contribution >= 0.6 is 0 Å². The summed E-state index contributed by atoms with van der Waals surface area (Å²) in [5.74, 6) is 2.09. The Morgan fingerprint density at radius 3 is 2.79 bits per heavy atom. The van der Waals surface area contributed by atoms with Gasteiger partial charge in [-0.15, -0.1) is 0 Å². The van der Waals surface area contributed by atoms with Gasteiger partial charge in [-0.25, -0.2) is 4.79 Å². The quantitative estimate of drug-likeness (QED) is 0.687. The van der Waals surface area contributed by atoms with E-state index in [9.17, 15) is 9.90 Å². The van der Waals surface area contributed by atoms with E-state index in [1.165, 1.54) is 19.3 Å². The van der Waals surface area contributed by atoms with Gasteiger partial charge in [0.25, 0.3) is 0 Å². The van der Waals surface area contributed by atoms with E-state index in [1.54, 1.807) is 5.94 Å². The van der Waals surface area contributed by atoms with Gasteiger partial charge in [0, 0.05) is 7.11 Å². The lowest BCUT2D eigenvalue weighted by atomic mass is 10.0. The summed E-state index contributed by atoms with van der Waals surface area (Å²) < 4.78 is 10.1. The van der Waals surface area contributed by atoms with Gasteiger partial charge in [0.1, 0.15) is 23.0 Å². The van der Waals surface area contributed by atoms with Gasteiger partial charge in [0.15, 0.2) is 6.10 Å². The molecule has 1 aliphatic carbocycles. The number of methoxy groups -OCH3 is 1. The van der Waals surface area contributed by atoms with Crippen molar-refractivity contribution in [1.82, 2.24) is 0 Å². The second-order valence-corrected chi connectivity index (χ2v) is 2.69. The molecule has 0 saturated carbocycles. The summed E-state index contributed by atoms with van der Waals surface area (Å²) in [6.45, 7) is 2.26. The van der Waals surface area contributed by atoms with Crippen molar-refractivity contribution in [3.63, 3.8) is 0 Å². The predicted octanol–water partition coefficient (Wildman–Crippen LogP) is 1.14. The summed E-state index contributed by atoms with van der Waals surface area (Å²) in [5, 5.41) is 9.39. The van der Waals surface area contributed by atoms with Crippen LogP contribution in [0.1, 0.15) is 6.92 Å². The highest BCUT2D eigenvalue weighted by atomic mass is 16.5. The summed E-state index contributed by atoms with van der Waals surface area (Å²) in [6.07, 6.45) is 2.20. The van der Waals surface area contributed by atoms with E-state index in [-0.39, 0.29) is 11.3 Å². The summed E-state index contributed by atoms with van der Waals surface area (Å²) in [4.78, 5) is 10.7. The van der Waals surface area contributed by atoms with Crippen molar-refractivity contribution in [3.05, 3.63) is 29.2 Å². The topological polar surface area (TPSA) is 55.8 Å². The highest BCUT2D eigenvalue weighted by Gasteiger charge is 2.26. The number of aliphatic hydroxyl groups excluding tert-OH is 1. The largest absolute Gasteiger partial charge is 0.509 e. The van der Waals surface area contributed by atoms with Crippen LogP contribution in [0.15, 0.2) is 29.2 Å². The first-order chi connectivity index (χ1) is 6.74. The van der Waals surface area contributed by atoms with Crippen LogP contribution in [0.25, 0.3) is 0 Å². The minimum absolute atomic E-state index is 0.0192. The lowest BCUT2D eigenvalue weighted by Crippen LogP contribution is -2.22. The average Bonchev–Trinajstić information content (AvgIpc) is 2.20. The normalized spacial score (nSPS) is 21.0. The van der Waals surface area contributed by atoms with Gasteiger partial charge in [-0.3, -0.25) is 0 Å². The maximum absolute atomic E-state index is 10.7. The molecule has 1 aliphatic rings. The monoisotopic (exact) mass is 196 g/mol. The lowest BCUT2D eigenvalue weighted by Gasteiger charge is -2.20. The van der Waals surface area contributed by atoms with Crippen molar-refractivity contribution >= 4 is 5.94 Å². The first kappa shape index (κ1) is 10.6. The zero-order chi connectivity index (χ0) is 10.6. The van der Waals surface area contributed by atoms with Crippen LogP contribution in [0.3, 0.4) is 0 Å². The van der Waals surface area contributed by atoms with E-state index in [0.717, 1.165) is 0 Å². The molecule has 0 fully saturated rings. The fourth-order valence-electron chi connectivity index (χ4n) is 1.24. The molecular weight excluding hydrogens is 184 g/mol. The summed E-state index contributed by atoms with van der Waals surface area (Å²) in [7, 11) is 1.40. The number of aliphatic hydroxyl groups is 1. The summed E-state index contributed by atoms with van der Waals surface area (Å²) in [5.41, 5.74) is 0.189. The van der Waals surface area contributed by atoms with Crippen LogP contribution in [-0.4, -0.2) is 30.9 Å². The van der Waals surface area contributed by atoms with Crippen LogP contribution in [0.5, 0.6) is 0 Å². The maximum Gasteiger partial charge on any atom is 0.153 e. The molecule has 1 rings (SSSR count). The molecule has 0 bridgehead atoms. The molecule has 76 valence electrons. The molecule has 4 nitrogen and oxygen atoms in total. The van der Waals surface area contributed by atoms with Crippen LogP contribution in [0, 0.1) is 0 Å². The summed E-state index contributed by atoms with van der Waals surface area (Å²) >= 11 is 0. The Hall–Kier alpha value is -1.51. The van der Waals surface area contributed by atoms with Gasteiger partial charge >= 0.3 is 0 Å².